The standard InChI is InChI=1S/C13H26N2.C6H16N2/c14-12-5-1-10(2-6-12)9-11-3-7-13(15)8-4-11;7-5-3-1-2-4-6-8/h10-13H,1-9,14-15H2;1-8H2. The highest BCUT2D eigenvalue weighted by Crippen LogP contribution is 2.34. The van der Waals surface area contributed by atoms with E-state index in [2.05, 4.69) is 0 Å². The normalized spacial score (nSPS) is 31.3. The van der Waals surface area contributed by atoms with Gasteiger partial charge in [0.15, 0.2) is 0 Å². The number of hydrogen-bond donors (Lipinski definition) is 4. The first-order valence-corrected chi connectivity index (χ1v) is 10.1. The van der Waals surface area contributed by atoms with E-state index < -0.39 is 0 Å². The van der Waals surface area contributed by atoms with Crippen LogP contribution in [0.3, 0.4) is 0 Å². The van der Waals surface area contributed by atoms with E-state index in [-0.39, 0.29) is 0 Å². The predicted octanol–water partition coefficient (Wildman–Crippen LogP) is 2.88. The Labute approximate surface area is 144 Å². The molecule has 0 aliphatic heterocycles. The van der Waals surface area contributed by atoms with Crippen molar-refractivity contribution in [2.24, 2.45) is 34.8 Å². The Bertz CT molecular complexity index is 230. The Kier molecular flexibility index (Phi) is 12.0. The summed E-state index contributed by atoms with van der Waals surface area (Å²) in [6, 6.07) is 1.00. The molecule has 0 aromatic heterocycles. The minimum Gasteiger partial charge on any atom is -0.330 e. The molecule has 0 aromatic rings. The van der Waals surface area contributed by atoms with Crippen molar-refractivity contribution in [3.05, 3.63) is 0 Å². The molecule has 138 valence electrons. The van der Waals surface area contributed by atoms with E-state index in [0.717, 1.165) is 37.8 Å². The Balaban J connectivity index is 0.000000284. The van der Waals surface area contributed by atoms with Gasteiger partial charge in [0.1, 0.15) is 0 Å². The largest absolute Gasteiger partial charge is 0.330 e. The van der Waals surface area contributed by atoms with Crippen LogP contribution in [0.25, 0.3) is 0 Å². The van der Waals surface area contributed by atoms with E-state index in [4.69, 9.17) is 22.9 Å². The van der Waals surface area contributed by atoms with Gasteiger partial charge in [0.2, 0.25) is 0 Å². The molecule has 2 aliphatic carbocycles. The Morgan fingerprint density at radius 1 is 0.522 bits per heavy atom. The third kappa shape index (κ3) is 10.3. The fourth-order valence-electron chi connectivity index (χ4n) is 3.96. The summed E-state index contributed by atoms with van der Waals surface area (Å²) >= 11 is 0. The van der Waals surface area contributed by atoms with Crippen LogP contribution in [-0.4, -0.2) is 25.2 Å². The highest BCUT2D eigenvalue weighted by atomic mass is 14.6. The van der Waals surface area contributed by atoms with Gasteiger partial charge < -0.3 is 22.9 Å². The third-order valence-corrected chi connectivity index (χ3v) is 5.61. The quantitative estimate of drug-likeness (QED) is 0.540. The maximum Gasteiger partial charge on any atom is 0.00390 e. The minimum atomic E-state index is 0.501. The molecule has 0 radical (unpaired) electrons. The van der Waals surface area contributed by atoms with Crippen LogP contribution in [-0.2, 0) is 0 Å². The van der Waals surface area contributed by atoms with E-state index in [0.29, 0.717) is 12.1 Å². The van der Waals surface area contributed by atoms with Gasteiger partial charge >= 0.3 is 0 Å². The van der Waals surface area contributed by atoms with Crippen LogP contribution in [0.1, 0.15) is 83.5 Å². The first kappa shape index (κ1) is 20.9. The minimum absolute atomic E-state index is 0.501. The van der Waals surface area contributed by atoms with Crippen molar-refractivity contribution in [1.82, 2.24) is 0 Å². The SMILES string of the molecule is NC1CCC(CC2CCC(N)CC2)CC1.NCCCCCCN. The summed E-state index contributed by atoms with van der Waals surface area (Å²) in [5.41, 5.74) is 22.4. The molecule has 2 rings (SSSR count). The molecule has 0 atom stereocenters. The van der Waals surface area contributed by atoms with Crippen molar-refractivity contribution >= 4 is 0 Å². The lowest BCUT2D eigenvalue weighted by atomic mass is 9.76. The molecule has 0 spiro atoms. The summed E-state index contributed by atoms with van der Waals surface area (Å²) in [4.78, 5) is 0. The zero-order chi connectivity index (χ0) is 16.9. The van der Waals surface area contributed by atoms with E-state index in [1.54, 1.807) is 0 Å². The van der Waals surface area contributed by atoms with E-state index in [1.807, 2.05) is 0 Å². The van der Waals surface area contributed by atoms with Crippen molar-refractivity contribution in [1.29, 1.82) is 0 Å². The molecule has 4 heteroatoms. The van der Waals surface area contributed by atoms with Crippen LogP contribution in [0.2, 0.25) is 0 Å². The molecule has 0 aromatic carbocycles. The third-order valence-electron chi connectivity index (χ3n) is 5.61. The molecular formula is C19H42N4. The smallest absolute Gasteiger partial charge is 0.00390 e. The van der Waals surface area contributed by atoms with Crippen LogP contribution in [0.15, 0.2) is 0 Å². The van der Waals surface area contributed by atoms with Crippen LogP contribution < -0.4 is 22.9 Å². The molecule has 0 amide bonds. The lowest BCUT2D eigenvalue weighted by molar-refractivity contribution is 0.225. The van der Waals surface area contributed by atoms with Crippen molar-refractivity contribution in [2.75, 3.05) is 13.1 Å². The second-order valence-electron chi connectivity index (χ2n) is 7.79. The highest BCUT2D eigenvalue weighted by Gasteiger charge is 2.24. The maximum atomic E-state index is 5.93. The van der Waals surface area contributed by atoms with Crippen LogP contribution in [0.4, 0.5) is 0 Å². The molecule has 2 fully saturated rings. The number of hydrogen-bond acceptors (Lipinski definition) is 4. The van der Waals surface area contributed by atoms with Gasteiger partial charge in [-0.2, -0.15) is 0 Å². The molecule has 0 saturated heterocycles. The molecule has 0 unspecified atom stereocenters. The second-order valence-corrected chi connectivity index (χ2v) is 7.79. The van der Waals surface area contributed by atoms with Gasteiger partial charge in [-0.1, -0.05) is 12.8 Å². The number of unbranched alkanes of at least 4 members (excludes halogenated alkanes) is 3. The Hall–Kier alpha value is -0.160. The van der Waals surface area contributed by atoms with Gasteiger partial charge in [-0.3, -0.25) is 0 Å². The van der Waals surface area contributed by atoms with Gasteiger partial charge in [-0.25, -0.2) is 0 Å². The lowest BCUT2D eigenvalue weighted by Crippen LogP contribution is -2.30. The van der Waals surface area contributed by atoms with Crippen molar-refractivity contribution in [2.45, 2.75) is 95.6 Å². The first-order chi connectivity index (χ1) is 11.2. The molecular weight excluding hydrogens is 284 g/mol. The number of nitrogens with two attached hydrogens (primary N) is 4. The van der Waals surface area contributed by atoms with Gasteiger partial charge in [0, 0.05) is 12.1 Å². The van der Waals surface area contributed by atoms with Crippen molar-refractivity contribution in [3.8, 4) is 0 Å². The first-order valence-electron chi connectivity index (χ1n) is 10.1. The fourth-order valence-corrected chi connectivity index (χ4v) is 3.96. The molecule has 2 saturated carbocycles. The molecule has 2 aliphatic rings. The summed E-state index contributed by atoms with van der Waals surface area (Å²) < 4.78 is 0. The summed E-state index contributed by atoms with van der Waals surface area (Å²) in [7, 11) is 0. The topological polar surface area (TPSA) is 104 Å². The van der Waals surface area contributed by atoms with Crippen LogP contribution in [0.5, 0.6) is 0 Å². The monoisotopic (exact) mass is 326 g/mol. The highest BCUT2D eigenvalue weighted by molar-refractivity contribution is 4.80. The summed E-state index contributed by atoms with van der Waals surface area (Å²) in [6.45, 7) is 1.65. The summed E-state index contributed by atoms with van der Waals surface area (Å²) in [5, 5.41) is 0. The van der Waals surface area contributed by atoms with E-state index in [9.17, 15) is 0 Å². The second kappa shape index (κ2) is 13.2. The Morgan fingerprint density at radius 3 is 1.17 bits per heavy atom. The summed E-state index contributed by atoms with van der Waals surface area (Å²) in [5.74, 6) is 1.95. The predicted molar refractivity (Wildman–Crippen MR) is 101 cm³/mol. The lowest BCUT2D eigenvalue weighted by Gasteiger charge is -2.32. The molecule has 0 heterocycles. The zero-order valence-electron chi connectivity index (χ0n) is 15.2. The van der Waals surface area contributed by atoms with Crippen LogP contribution in [0, 0.1) is 11.8 Å². The van der Waals surface area contributed by atoms with Gasteiger partial charge in [-0.05, 0) is 95.6 Å². The van der Waals surface area contributed by atoms with Gasteiger partial charge in [0.05, 0.1) is 0 Å². The molecule has 23 heavy (non-hydrogen) atoms. The van der Waals surface area contributed by atoms with Crippen LogP contribution >= 0.6 is 0 Å². The van der Waals surface area contributed by atoms with Gasteiger partial charge in [-0.15, -0.1) is 0 Å². The average molecular weight is 327 g/mol. The van der Waals surface area contributed by atoms with E-state index in [1.165, 1.54) is 70.6 Å². The van der Waals surface area contributed by atoms with Crippen molar-refractivity contribution < 1.29 is 0 Å². The zero-order valence-corrected chi connectivity index (χ0v) is 15.2. The maximum absolute atomic E-state index is 5.93. The average Bonchev–Trinajstić information content (AvgIpc) is 2.57. The van der Waals surface area contributed by atoms with Gasteiger partial charge in [0.25, 0.3) is 0 Å². The number of rotatable bonds is 7. The van der Waals surface area contributed by atoms with E-state index >= 15 is 0 Å². The molecule has 8 N–H and O–H groups in total. The summed E-state index contributed by atoms with van der Waals surface area (Å²) in [6.07, 6.45) is 16.8. The molecule has 4 nitrogen and oxygen atoms in total. The fraction of sp³-hybridized carbons (Fsp3) is 1.00. The molecule has 0 bridgehead atoms. The van der Waals surface area contributed by atoms with Crippen molar-refractivity contribution in [3.63, 3.8) is 0 Å². The Morgan fingerprint density at radius 2 is 0.870 bits per heavy atom.